The predicted molar refractivity (Wildman–Crippen MR) is 98.2 cm³/mol. The molecule has 1 heterocycles. The lowest BCUT2D eigenvalue weighted by atomic mass is 10.2. The topological polar surface area (TPSA) is 121 Å². The Morgan fingerprint density at radius 2 is 1.77 bits per heavy atom. The standard InChI is InChI=1S/C16H14ClN3O5S/c1-25-8-10-11(17)3-2-4-12(10)20-26(23,24)9-5-6-13-14(7-9)19-16(22)15(21)18-13/h2-7,20H,8H2,1H3,(H,18,21)(H,19,22). The van der Waals surface area contributed by atoms with E-state index in [1.165, 1.54) is 25.3 Å². The highest BCUT2D eigenvalue weighted by Crippen LogP contribution is 2.27. The SMILES string of the molecule is COCc1c(Cl)cccc1NS(=O)(=O)c1ccc2[nH]c(=O)c(=O)[nH]c2c1. The van der Waals surface area contributed by atoms with Gasteiger partial charge in [-0.15, -0.1) is 0 Å². The van der Waals surface area contributed by atoms with Gasteiger partial charge < -0.3 is 14.7 Å². The lowest BCUT2D eigenvalue weighted by Crippen LogP contribution is -2.29. The number of sulfonamides is 1. The minimum atomic E-state index is -3.96. The van der Waals surface area contributed by atoms with Crippen LogP contribution >= 0.6 is 11.6 Å². The van der Waals surface area contributed by atoms with E-state index in [1.54, 1.807) is 18.2 Å². The van der Waals surface area contributed by atoms with E-state index in [1.807, 2.05) is 0 Å². The highest BCUT2D eigenvalue weighted by atomic mass is 35.5. The van der Waals surface area contributed by atoms with Crippen molar-refractivity contribution in [1.82, 2.24) is 9.97 Å². The Morgan fingerprint density at radius 3 is 2.46 bits per heavy atom. The van der Waals surface area contributed by atoms with Gasteiger partial charge in [-0.25, -0.2) is 8.42 Å². The second kappa shape index (κ2) is 6.94. The van der Waals surface area contributed by atoms with Crippen LogP contribution in [0.1, 0.15) is 5.56 Å². The van der Waals surface area contributed by atoms with E-state index in [2.05, 4.69) is 14.7 Å². The summed E-state index contributed by atoms with van der Waals surface area (Å²) in [4.78, 5) is 27.4. The zero-order valence-electron chi connectivity index (χ0n) is 13.5. The maximum Gasteiger partial charge on any atom is 0.314 e. The zero-order chi connectivity index (χ0) is 18.9. The number of ether oxygens (including phenoxy) is 1. The number of anilines is 1. The van der Waals surface area contributed by atoms with Crippen molar-refractivity contribution < 1.29 is 13.2 Å². The van der Waals surface area contributed by atoms with Gasteiger partial charge in [-0.05, 0) is 30.3 Å². The Morgan fingerprint density at radius 1 is 1.08 bits per heavy atom. The first-order chi connectivity index (χ1) is 12.3. The maximum absolute atomic E-state index is 12.7. The predicted octanol–water partition coefficient (Wildman–Crippen LogP) is 1.82. The first-order valence-corrected chi connectivity index (χ1v) is 9.23. The second-order valence-corrected chi connectivity index (χ2v) is 7.51. The van der Waals surface area contributed by atoms with Crippen molar-refractivity contribution in [2.45, 2.75) is 11.5 Å². The van der Waals surface area contributed by atoms with Gasteiger partial charge in [0.05, 0.1) is 28.2 Å². The molecule has 0 amide bonds. The molecule has 136 valence electrons. The largest absolute Gasteiger partial charge is 0.380 e. The van der Waals surface area contributed by atoms with E-state index in [-0.39, 0.29) is 22.7 Å². The number of hydrogen-bond acceptors (Lipinski definition) is 5. The lowest BCUT2D eigenvalue weighted by molar-refractivity contribution is 0.185. The number of fused-ring (bicyclic) bond motifs is 1. The molecule has 0 aliphatic carbocycles. The van der Waals surface area contributed by atoms with Crippen molar-refractivity contribution in [3.63, 3.8) is 0 Å². The molecule has 0 aliphatic heterocycles. The van der Waals surface area contributed by atoms with Crippen LogP contribution in [0.25, 0.3) is 11.0 Å². The first-order valence-electron chi connectivity index (χ1n) is 7.37. The molecule has 0 atom stereocenters. The summed E-state index contributed by atoms with van der Waals surface area (Å²) in [5.74, 6) is 0. The quantitative estimate of drug-likeness (QED) is 0.569. The number of halogens is 1. The van der Waals surface area contributed by atoms with Crippen LogP contribution in [-0.4, -0.2) is 25.5 Å². The average molecular weight is 396 g/mol. The fraction of sp³-hybridized carbons (Fsp3) is 0.125. The molecule has 8 nitrogen and oxygen atoms in total. The molecule has 26 heavy (non-hydrogen) atoms. The van der Waals surface area contributed by atoms with E-state index in [0.29, 0.717) is 16.1 Å². The molecule has 0 bridgehead atoms. The van der Waals surface area contributed by atoms with Crippen LogP contribution in [0.5, 0.6) is 0 Å². The summed E-state index contributed by atoms with van der Waals surface area (Å²) in [6.45, 7) is 0.129. The molecule has 3 N–H and O–H groups in total. The zero-order valence-corrected chi connectivity index (χ0v) is 15.1. The van der Waals surface area contributed by atoms with Crippen molar-refractivity contribution in [1.29, 1.82) is 0 Å². The molecular formula is C16H14ClN3O5S. The minimum Gasteiger partial charge on any atom is -0.380 e. The third-order valence-electron chi connectivity index (χ3n) is 3.66. The van der Waals surface area contributed by atoms with Crippen LogP contribution in [0.2, 0.25) is 5.02 Å². The number of rotatable bonds is 5. The van der Waals surface area contributed by atoms with Gasteiger partial charge in [-0.2, -0.15) is 0 Å². The second-order valence-electron chi connectivity index (χ2n) is 5.42. The number of aromatic nitrogens is 2. The Labute approximate surface area is 152 Å². The Bertz CT molecular complexity index is 1200. The fourth-order valence-electron chi connectivity index (χ4n) is 2.41. The summed E-state index contributed by atoms with van der Waals surface area (Å²) < 4.78 is 32.9. The Kier molecular flexibility index (Phi) is 4.86. The van der Waals surface area contributed by atoms with Gasteiger partial charge in [-0.1, -0.05) is 17.7 Å². The smallest absolute Gasteiger partial charge is 0.314 e. The molecule has 0 fully saturated rings. The van der Waals surface area contributed by atoms with E-state index < -0.39 is 21.1 Å². The van der Waals surface area contributed by atoms with Crippen LogP contribution in [-0.2, 0) is 21.4 Å². The van der Waals surface area contributed by atoms with E-state index >= 15 is 0 Å². The van der Waals surface area contributed by atoms with Gasteiger partial charge in [0.2, 0.25) is 0 Å². The van der Waals surface area contributed by atoms with Crippen LogP contribution < -0.4 is 15.8 Å². The summed E-state index contributed by atoms with van der Waals surface area (Å²) in [5.41, 5.74) is -0.378. The van der Waals surface area contributed by atoms with Crippen LogP contribution in [0.4, 0.5) is 5.69 Å². The highest BCUT2D eigenvalue weighted by Gasteiger charge is 2.18. The van der Waals surface area contributed by atoms with Gasteiger partial charge in [0.15, 0.2) is 0 Å². The van der Waals surface area contributed by atoms with Gasteiger partial charge in [-0.3, -0.25) is 14.3 Å². The number of aromatic amines is 2. The minimum absolute atomic E-state index is 0.0870. The van der Waals surface area contributed by atoms with Gasteiger partial charge in [0.25, 0.3) is 10.0 Å². The monoisotopic (exact) mass is 395 g/mol. The third-order valence-corrected chi connectivity index (χ3v) is 5.37. The van der Waals surface area contributed by atoms with Crippen molar-refractivity contribution in [3.05, 3.63) is 67.7 Å². The highest BCUT2D eigenvalue weighted by molar-refractivity contribution is 7.92. The van der Waals surface area contributed by atoms with E-state index in [0.717, 1.165) is 0 Å². The Balaban J connectivity index is 2.05. The third kappa shape index (κ3) is 3.50. The maximum atomic E-state index is 12.7. The number of H-pyrrole nitrogens is 2. The van der Waals surface area contributed by atoms with Crippen LogP contribution in [0.3, 0.4) is 0 Å². The number of nitrogens with one attached hydrogen (secondary N) is 3. The molecule has 0 unspecified atom stereocenters. The number of methoxy groups -OCH3 is 1. The molecule has 2 aromatic carbocycles. The summed E-state index contributed by atoms with van der Waals surface area (Å²) in [7, 11) is -2.49. The van der Waals surface area contributed by atoms with Gasteiger partial charge in [0, 0.05) is 17.7 Å². The molecule has 3 aromatic rings. The van der Waals surface area contributed by atoms with Crippen molar-refractivity contribution in [3.8, 4) is 0 Å². The molecule has 1 aromatic heterocycles. The summed E-state index contributed by atoms with van der Waals surface area (Å²) in [6.07, 6.45) is 0. The van der Waals surface area contributed by atoms with E-state index in [4.69, 9.17) is 16.3 Å². The van der Waals surface area contributed by atoms with Crippen LogP contribution in [0, 0.1) is 0 Å². The van der Waals surface area contributed by atoms with Gasteiger partial charge in [0.1, 0.15) is 0 Å². The van der Waals surface area contributed by atoms with Crippen molar-refractivity contribution >= 4 is 38.3 Å². The average Bonchev–Trinajstić information content (AvgIpc) is 2.58. The van der Waals surface area contributed by atoms with Crippen molar-refractivity contribution in [2.75, 3.05) is 11.8 Å². The molecular weight excluding hydrogens is 382 g/mol. The fourth-order valence-corrected chi connectivity index (χ4v) is 3.76. The molecule has 10 heteroatoms. The van der Waals surface area contributed by atoms with E-state index in [9.17, 15) is 18.0 Å². The number of hydrogen-bond donors (Lipinski definition) is 3. The molecule has 0 aliphatic rings. The summed E-state index contributed by atoms with van der Waals surface area (Å²) >= 11 is 6.11. The molecule has 0 spiro atoms. The van der Waals surface area contributed by atoms with Crippen molar-refractivity contribution in [2.24, 2.45) is 0 Å². The molecule has 0 saturated heterocycles. The summed E-state index contributed by atoms with van der Waals surface area (Å²) in [6, 6.07) is 8.79. The molecule has 3 rings (SSSR count). The molecule has 0 radical (unpaired) electrons. The lowest BCUT2D eigenvalue weighted by Gasteiger charge is -2.14. The Hall–Kier alpha value is -2.62. The number of benzene rings is 2. The normalized spacial score (nSPS) is 11.6. The van der Waals surface area contributed by atoms with Crippen LogP contribution in [0.15, 0.2) is 50.9 Å². The first kappa shape index (κ1) is 18.2. The van der Waals surface area contributed by atoms with Gasteiger partial charge >= 0.3 is 11.1 Å². The molecule has 0 saturated carbocycles. The summed E-state index contributed by atoms with van der Waals surface area (Å²) in [5, 5.41) is 0.368.